The molecule has 0 fully saturated rings. The second-order valence-corrected chi connectivity index (χ2v) is 7.34. The first-order valence-corrected chi connectivity index (χ1v) is 9.32. The average Bonchev–Trinajstić information content (AvgIpc) is 2.56. The second kappa shape index (κ2) is 8.42. The molecule has 2 aromatic rings. The minimum atomic E-state index is -3.80. The molecule has 2 aromatic carbocycles. The molecular formula is C17H20ClNO5S. The summed E-state index contributed by atoms with van der Waals surface area (Å²) in [6.45, 7) is 2.62. The van der Waals surface area contributed by atoms with Gasteiger partial charge in [-0.25, -0.2) is 8.42 Å². The van der Waals surface area contributed by atoms with Gasteiger partial charge in [0.05, 0.1) is 24.3 Å². The third kappa shape index (κ3) is 5.01. The van der Waals surface area contributed by atoms with Gasteiger partial charge in [0.2, 0.25) is 0 Å². The van der Waals surface area contributed by atoms with Crippen LogP contribution in [0.1, 0.15) is 5.56 Å². The van der Waals surface area contributed by atoms with Crippen LogP contribution in [0, 0.1) is 6.92 Å². The van der Waals surface area contributed by atoms with E-state index in [1.807, 2.05) is 0 Å². The molecule has 0 amide bonds. The highest BCUT2D eigenvalue weighted by Gasteiger charge is 2.18. The van der Waals surface area contributed by atoms with E-state index in [9.17, 15) is 8.42 Å². The Morgan fingerprint density at radius 2 is 1.76 bits per heavy atom. The molecular weight excluding hydrogens is 366 g/mol. The molecule has 8 heteroatoms. The normalized spacial score (nSPS) is 11.2. The van der Waals surface area contributed by atoms with Gasteiger partial charge >= 0.3 is 0 Å². The molecule has 0 aliphatic carbocycles. The maximum Gasteiger partial charge on any atom is 0.262 e. The Morgan fingerprint density at radius 3 is 2.40 bits per heavy atom. The van der Waals surface area contributed by atoms with Crippen LogP contribution in [0.4, 0.5) is 5.69 Å². The monoisotopic (exact) mass is 385 g/mol. The lowest BCUT2D eigenvalue weighted by molar-refractivity contribution is 0.146. The molecule has 0 radical (unpaired) electrons. The van der Waals surface area contributed by atoms with Crippen LogP contribution in [0.5, 0.6) is 11.5 Å². The van der Waals surface area contributed by atoms with Crippen molar-refractivity contribution >= 4 is 27.3 Å². The Kier molecular flexibility index (Phi) is 6.52. The number of ether oxygens (including phenoxy) is 3. The number of hydrogen-bond acceptors (Lipinski definition) is 5. The number of hydrogen-bond donors (Lipinski definition) is 1. The largest absolute Gasteiger partial charge is 0.495 e. The van der Waals surface area contributed by atoms with Crippen molar-refractivity contribution < 1.29 is 22.6 Å². The number of anilines is 1. The molecule has 0 aliphatic rings. The van der Waals surface area contributed by atoms with Gasteiger partial charge in [0.25, 0.3) is 10.0 Å². The fraction of sp³-hybridized carbons (Fsp3) is 0.294. The zero-order valence-corrected chi connectivity index (χ0v) is 15.8. The van der Waals surface area contributed by atoms with E-state index in [0.29, 0.717) is 35.3 Å². The van der Waals surface area contributed by atoms with E-state index in [1.165, 1.54) is 19.2 Å². The van der Waals surface area contributed by atoms with E-state index in [1.54, 1.807) is 38.3 Å². The smallest absolute Gasteiger partial charge is 0.262 e. The maximum absolute atomic E-state index is 12.6. The van der Waals surface area contributed by atoms with Crippen molar-refractivity contribution in [1.82, 2.24) is 0 Å². The topological polar surface area (TPSA) is 73.9 Å². The maximum atomic E-state index is 12.6. The summed E-state index contributed by atoms with van der Waals surface area (Å²) in [5.41, 5.74) is 0.977. The summed E-state index contributed by atoms with van der Waals surface area (Å²) in [5, 5.41) is 0.400. The van der Waals surface area contributed by atoms with Gasteiger partial charge in [0.15, 0.2) is 0 Å². The molecule has 0 aliphatic heterocycles. The van der Waals surface area contributed by atoms with Gasteiger partial charge < -0.3 is 14.2 Å². The van der Waals surface area contributed by atoms with Crippen molar-refractivity contribution in [3.8, 4) is 11.5 Å². The molecule has 0 saturated carbocycles. The van der Waals surface area contributed by atoms with Gasteiger partial charge in [-0.2, -0.15) is 0 Å². The van der Waals surface area contributed by atoms with Crippen molar-refractivity contribution in [2.75, 3.05) is 32.2 Å². The van der Waals surface area contributed by atoms with E-state index in [4.69, 9.17) is 25.8 Å². The lowest BCUT2D eigenvalue weighted by atomic mass is 10.2. The molecule has 0 bridgehead atoms. The van der Waals surface area contributed by atoms with Crippen molar-refractivity contribution in [3.63, 3.8) is 0 Å². The molecule has 2 rings (SSSR count). The summed E-state index contributed by atoms with van der Waals surface area (Å²) in [6.07, 6.45) is 0. The highest BCUT2D eigenvalue weighted by atomic mass is 35.5. The lowest BCUT2D eigenvalue weighted by Crippen LogP contribution is -2.14. The van der Waals surface area contributed by atoms with Gasteiger partial charge in [0, 0.05) is 12.1 Å². The van der Waals surface area contributed by atoms with Gasteiger partial charge in [-0.05, 0) is 48.9 Å². The minimum absolute atomic E-state index is 0.117. The minimum Gasteiger partial charge on any atom is -0.495 e. The third-order valence-corrected chi connectivity index (χ3v) is 5.01. The molecule has 0 atom stereocenters. The highest BCUT2D eigenvalue weighted by Crippen LogP contribution is 2.30. The first-order valence-electron chi connectivity index (χ1n) is 7.46. The molecule has 0 aromatic heterocycles. The van der Waals surface area contributed by atoms with Crippen LogP contribution < -0.4 is 14.2 Å². The number of rotatable bonds is 8. The summed E-state index contributed by atoms with van der Waals surface area (Å²) in [7, 11) is -0.755. The van der Waals surface area contributed by atoms with E-state index in [0.717, 1.165) is 0 Å². The Bertz CT molecular complexity index is 839. The van der Waals surface area contributed by atoms with Crippen molar-refractivity contribution in [1.29, 1.82) is 0 Å². The SMILES string of the molecule is COCCOc1ccc(S(=O)(=O)Nc2cc(Cl)ccc2OC)cc1C. The number of halogens is 1. The predicted octanol–water partition coefficient (Wildman–Crippen LogP) is 3.48. The van der Waals surface area contributed by atoms with Crippen molar-refractivity contribution in [2.45, 2.75) is 11.8 Å². The van der Waals surface area contributed by atoms with Crippen LogP contribution >= 0.6 is 11.6 Å². The molecule has 136 valence electrons. The molecule has 25 heavy (non-hydrogen) atoms. The van der Waals surface area contributed by atoms with Crippen molar-refractivity contribution in [2.24, 2.45) is 0 Å². The molecule has 0 unspecified atom stereocenters. The van der Waals surface area contributed by atoms with E-state index >= 15 is 0 Å². The Labute approximate surface area is 152 Å². The van der Waals surface area contributed by atoms with Crippen LogP contribution in [0.15, 0.2) is 41.3 Å². The van der Waals surface area contributed by atoms with Crippen LogP contribution in [0.2, 0.25) is 5.02 Å². The Hall–Kier alpha value is -1.96. The van der Waals surface area contributed by atoms with Gasteiger partial charge in [0.1, 0.15) is 18.1 Å². The Balaban J connectivity index is 2.25. The number of aryl methyl sites for hydroxylation is 1. The van der Waals surface area contributed by atoms with Gasteiger partial charge in [-0.15, -0.1) is 0 Å². The fourth-order valence-corrected chi connectivity index (χ4v) is 3.47. The molecule has 1 N–H and O–H groups in total. The van der Waals surface area contributed by atoms with Crippen LogP contribution in [-0.4, -0.2) is 35.9 Å². The van der Waals surface area contributed by atoms with Crippen LogP contribution in [0.3, 0.4) is 0 Å². The summed E-state index contributed by atoms with van der Waals surface area (Å²) in [5.74, 6) is 0.987. The van der Waals surface area contributed by atoms with Crippen molar-refractivity contribution in [3.05, 3.63) is 47.0 Å². The number of nitrogens with one attached hydrogen (secondary N) is 1. The second-order valence-electron chi connectivity index (χ2n) is 5.22. The fourth-order valence-electron chi connectivity index (χ4n) is 2.15. The number of benzene rings is 2. The van der Waals surface area contributed by atoms with Gasteiger partial charge in [-0.3, -0.25) is 4.72 Å². The quantitative estimate of drug-likeness (QED) is 0.704. The van der Waals surface area contributed by atoms with Crippen LogP contribution in [-0.2, 0) is 14.8 Å². The first kappa shape index (κ1) is 19.4. The molecule has 0 heterocycles. The van der Waals surface area contributed by atoms with E-state index < -0.39 is 10.0 Å². The highest BCUT2D eigenvalue weighted by molar-refractivity contribution is 7.92. The predicted molar refractivity (Wildman–Crippen MR) is 97.4 cm³/mol. The zero-order valence-electron chi connectivity index (χ0n) is 14.2. The Morgan fingerprint density at radius 1 is 1.04 bits per heavy atom. The number of sulfonamides is 1. The van der Waals surface area contributed by atoms with Crippen LogP contribution in [0.25, 0.3) is 0 Å². The summed E-state index contributed by atoms with van der Waals surface area (Å²) >= 11 is 5.94. The van der Waals surface area contributed by atoms with E-state index in [-0.39, 0.29) is 10.6 Å². The first-order chi connectivity index (χ1) is 11.9. The summed E-state index contributed by atoms with van der Waals surface area (Å²) < 4.78 is 43.4. The summed E-state index contributed by atoms with van der Waals surface area (Å²) in [4.78, 5) is 0.117. The van der Waals surface area contributed by atoms with Gasteiger partial charge in [-0.1, -0.05) is 11.6 Å². The zero-order chi connectivity index (χ0) is 18.4. The molecule has 0 spiro atoms. The average molecular weight is 386 g/mol. The summed E-state index contributed by atoms with van der Waals surface area (Å²) in [6, 6.07) is 9.35. The van der Waals surface area contributed by atoms with E-state index in [2.05, 4.69) is 4.72 Å². The standard InChI is InChI=1S/C17H20ClNO5S/c1-12-10-14(5-7-16(12)24-9-8-22-2)25(20,21)19-15-11-13(18)4-6-17(15)23-3/h4-7,10-11,19H,8-9H2,1-3H3. The third-order valence-electron chi connectivity index (χ3n) is 3.41. The molecule has 6 nitrogen and oxygen atoms in total. The molecule has 0 saturated heterocycles. The lowest BCUT2D eigenvalue weighted by Gasteiger charge is -2.14. The number of methoxy groups -OCH3 is 2.